The Hall–Kier alpha value is -1.79. The lowest BCUT2D eigenvalue weighted by Gasteiger charge is -2.22. The predicted molar refractivity (Wildman–Crippen MR) is 80.1 cm³/mol. The van der Waals surface area contributed by atoms with Gasteiger partial charge in [-0.25, -0.2) is 9.97 Å². The molecule has 6 nitrogen and oxygen atoms in total. The zero-order chi connectivity index (χ0) is 14.5. The van der Waals surface area contributed by atoms with Crippen molar-refractivity contribution in [3.8, 4) is 0 Å². The van der Waals surface area contributed by atoms with Gasteiger partial charge in [-0.3, -0.25) is 16.0 Å². The molecule has 1 unspecified atom stereocenters. The van der Waals surface area contributed by atoms with Crippen LogP contribution in [-0.4, -0.2) is 19.7 Å². The van der Waals surface area contributed by atoms with Crippen LogP contribution in [0, 0.1) is 0 Å². The van der Waals surface area contributed by atoms with Crippen molar-refractivity contribution in [3.63, 3.8) is 0 Å². The summed E-state index contributed by atoms with van der Waals surface area (Å²) in [5.74, 6) is 5.66. The molecular formula is C15H22N6. The van der Waals surface area contributed by atoms with Crippen LogP contribution in [0.3, 0.4) is 0 Å². The normalized spacial score (nSPS) is 17.8. The van der Waals surface area contributed by atoms with Crippen molar-refractivity contribution in [2.45, 2.75) is 50.6 Å². The van der Waals surface area contributed by atoms with Crippen molar-refractivity contribution in [3.05, 3.63) is 42.2 Å². The van der Waals surface area contributed by atoms with Gasteiger partial charge in [-0.2, -0.15) is 5.10 Å². The minimum absolute atomic E-state index is 0.0131. The Labute approximate surface area is 124 Å². The summed E-state index contributed by atoms with van der Waals surface area (Å²) < 4.78 is 2.13. The van der Waals surface area contributed by atoms with E-state index in [9.17, 15) is 0 Å². The Balaban J connectivity index is 1.68. The lowest BCUT2D eigenvalue weighted by molar-refractivity contribution is 0.327. The fraction of sp³-hybridized carbons (Fsp3) is 0.533. The second-order valence-corrected chi connectivity index (χ2v) is 5.67. The summed E-state index contributed by atoms with van der Waals surface area (Å²) in [6, 6.07) is 2.64. The van der Waals surface area contributed by atoms with Crippen molar-refractivity contribution in [1.29, 1.82) is 0 Å². The Bertz CT molecular complexity index is 546. The van der Waals surface area contributed by atoms with E-state index in [0.29, 0.717) is 6.04 Å². The monoisotopic (exact) mass is 286 g/mol. The molecule has 2 aromatic heterocycles. The van der Waals surface area contributed by atoms with E-state index in [-0.39, 0.29) is 6.04 Å². The molecule has 0 saturated heterocycles. The van der Waals surface area contributed by atoms with Crippen LogP contribution >= 0.6 is 0 Å². The molecule has 1 saturated carbocycles. The zero-order valence-corrected chi connectivity index (χ0v) is 12.2. The SMILES string of the molecule is NNC(Cc1ccn(C2CCCCC2)n1)c1cncnc1. The number of hydrogen-bond donors (Lipinski definition) is 2. The first-order valence-corrected chi connectivity index (χ1v) is 7.62. The summed E-state index contributed by atoms with van der Waals surface area (Å²) in [6.07, 6.45) is 14.4. The van der Waals surface area contributed by atoms with Gasteiger partial charge in [-0.15, -0.1) is 0 Å². The molecule has 2 aromatic rings. The Morgan fingerprint density at radius 3 is 2.71 bits per heavy atom. The maximum atomic E-state index is 5.66. The molecule has 0 amide bonds. The summed E-state index contributed by atoms with van der Waals surface area (Å²) in [5, 5.41) is 4.73. The van der Waals surface area contributed by atoms with E-state index in [0.717, 1.165) is 17.7 Å². The molecule has 3 N–H and O–H groups in total. The van der Waals surface area contributed by atoms with Gasteiger partial charge >= 0.3 is 0 Å². The Morgan fingerprint density at radius 2 is 2.00 bits per heavy atom. The van der Waals surface area contributed by atoms with Crippen molar-refractivity contribution in [2.24, 2.45) is 5.84 Å². The smallest absolute Gasteiger partial charge is 0.115 e. The third-order valence-corrected chi connectivity index (χ3v) is 4.21. The van der Waals surface area contributed by atoms with Gasteiger partial charge in [0, 0.05) is 30.6 Å². The summed E-state index contributed by atoms with van der Waals surface area (Å²) in [7, 11) is 0. The second kappa shape index (κ2) is 6.78. The van der Waals surface area contributed by atoms with Gasteiger partial charge in [-0.05, 0) is 18.9 Å². The molecule has 1 aliphatic carbocycles. The van der Waals surface area contributed by atoms with Crippen LogP contribution in [0.2, 0.25) is 0 Å². The summed E-state index contributed by atoms with van der Waals surface area (Å²) >= 11 is 0. The number of nitrogens with zero attached hydrogens (tertiary/aromatic N) is 4. The third kappa shape index (κ3) is 3.46. The van der Waals surface area contributed by atoms with E-state index < -0.39 is 0 Å². The van der Waals surface area contributed by atoms with Gasteiger partial charge in [0.2, 0.25) is 0 Å². The number of hydrazine groups is 1. The molecule has 1 atom stereocenters. The molecule has 112 valence electrons. The first-order valence-electron chi connectivity index (χ1n) is 7.62. The second-order valence-electron chi connectivity index (χ2n) is 5.67. The van der Waals surface area contributed by atoms with Crippen LogP contribution in [0.1, 0.15) is 55.4 Å². The van der Waals surface area contributed by atoms with Crippen LogP contribution in [0.5, 0.6) is 0 Å². The van der Waals surface area contributed by atoms with Crippen molar-refractivity contribution >= 4 is 0 Å². The lowest BCUT2D eigenvalue weighted by atomic mass is 9.96. The maximum absolute atomic E-state index is 5.66. The topological polar surface area (TPSA) is 81.6 Å². The fourth-order valence-electron chi connectivity index (χ4n) is 3.01. The number of rotatable bonds is 5. The average molecular weight is 286 g/mol. The first kappa shape index (κ1) is 14.2. The minimum Gasteiger partial charge on any atom is -0.271 e. The highest BCUT2D eigenvalue weighted by molar-refractivity contribution is 5.13. The highest BCUT2D eigenvalue weighted by Crippen LogP contribution is 2.27. The molecule has 21 heavy (non-hydrogen) atoms. The van der Waals surface area contributed by atoms with Crippen molar-refractivity contribution < 1.29 is 0 Å². The number of nitrogens with two attached hydrogens (primary N) is 1. The largest absolute Gasteiger partial charge is 0.271 e. The van der Waals surface area contributed by atoms with Crippen LogP contribution < -0.4 is 11.3 Å². The highest BCUT2D eigenvalue weighted by atomic mass is 15.3. The van der Waals surface area contributed by atoms with Gasteiger partial charge in [0.05, 0.1) is 17.8 Å². The molecule has 0 aliphatic heterocycles. The summed E-state index contributed by atoms with van der Waals surface area (Å²) in [5.41, 5.74) is 4.85. The van der Waals surface area contributed by atoms with Crippen LogP contribution in [-0.2, 0) is 6.42 Å². The number of hydrogen-bond acceptors (Lipinski definition) is 5. The predicted octanol–water partition coefficient (Wildman–Crippen LogP) is 1.93. The number of aromatic nitrogens is 4. The van der Waals surface area contributed by atoms with E-state index in [2.05, 4.69) is 32.3 Å². The van der Waals surface area contributed by atoms with Gasteiger partial charge in [-0.1, -0.05) is 19.3 Å². The molecule has 0 bridgehead atoms. The molecule has 6 heteroatoms. The van der Waals surface area contributed by atoms with E-state index in [1.807, 2.05) is 0 Å². The fourth-order valence-corrected chi connectivity index (χ4v) is 3.01. The third-order valence-electron chi connectivity index (χ3n) is 4.21. The van der Waals surface area contributed by atoms with Crippen molar-refractivity contribution in [1.82, 2.24) is 25.2 Å². The average Bonchev–Trinajstić information content (AvgIpc) is 3.03. The van der Waals surface area contributed by atoms with Gasteiger partial charge in [0.15, 0.2) is 0 Å². The number of nitrogens with one attached hydrogen (secondary N) is 1. The molecule has 0 spiro atoms. The molecule has 0 aromatic carbocycles. The van der Waals surface area contributed by atoms with Crippen LogP contribution in [0.15, 0.2) is 31.0 Å². The maximum Gasteiger partial charge on any atom is 0.115 e. The molecule has 1 aliphatic rings. The lowest BCUT2D eigenvalue weighted by Crippen LogP contribution is -2.30. The minimum atomic E-state index is -0.0131. The van der Waals surface area contributed by atoms with E-state index >= 15 is 0 Å². The highest BCUT2D eigenvalue weighted by Gasteiger charge is 2.17. The van der Waals surface area contributed by atoms with Crippen LogP contribution in [0.25, 0.3) is 0 Å². The molecule has 0 radical (unpaired) electrons. The van der Waals surface area contributed by atoms with E-state index in [1.54, 1.807) is 12.4 Å². The van der Waals surface area contributed by atoms with Gasteiger partial charge in [0.1, 0.15) is 6.33 Å². The quantitative estimate of drug-likeness (QED) is 0.648. The van der Waals surface area contributed by atoms with Gasteiger partial charge in [0.25, 0.3) is 0 Å². The van der Waals surface area contributed by atoms with Gasteiger partial charge < -0.3 is 0 Å². The molecule has 2 heterocycles. The summed E-state index contributed by atoms with van der Waals surface area (Å²) in [4.78, 5) is 8.08. The van der Waals surface area contributed by atoms with E-state index in [4.69, 9.17) is 10.9 Å². The van der Waals surface area contributed by atoms with Crippen LogP contribution in [0.4, 0.5) is 0 Å². The molecular weight excluding hydrogens is 264 g/mol. The Kier molecular flexibility index (Phi) is 4.57. The standard InChI is InChI=1S/C15H22N6/c16-19-15(12-9-17-11-18-10-12)8-13-6-7-21(20-13)14-4-2-1-3-5-14/h6-7,9-11,14-15,19H,1-5,8,16H2. The summed E-state index contributed by atoms with van der Waals surface area (Å²) in [6.45, 7) is 0. The Morgan fingerprint density at radius 1 is 1.24 bits per heavy atom. The molecule has 3 rings (SSSR count). The molecule has 1 fully saturated rings. The van der Waals surface area contributed by atoms with Crippen molar-refractivity contribution in [2.75, 3.05) is 0 Å². The first-order chi connectivity index (χ1) is 10.4. The van der Waals surface area contributed by atoms with E-state index in [1.165, 1.54) is 38.4 Å². The zero-order valence-electron chi connectivity index (χ0n) is 12.2.